The molecule has 1 aliphatic heterocycles. The molecule has 0 spiro atoms. The Hall–Kier alpha value is -3.27. The Morgan fingerprint density at radius 3 is 2.31 bits per heavy atom. The van der Waals surface area contributed by atoms with Crippen molar-refractivity contribution >= 4 is 21.5 Å². The predicted molar refractivity (Wildman–Crippen MR) is 122 cm³/mol. The first-order valence-electron chi connectivity index (χ1n) is 10.2. The minimum absolute atomic E-state index is 0.104. The Bertz CT molecular complexity index is 1250. The molecule has 3 heterocycles. The predicted octanol–water partition coefficient (Wildman–Crippen LogP) is 2.81. The molecule has 0 saturated heterocycles. The molecule has 1 aromatic carbocycles. The second-order valence-electron chi connectivity index (χ2n) is 7.77. The number of nitrogens with one attached hydrogen (secondary N) is 1. The van der Waals surface area contributed by atoms with Crippen LogP contribution in [-0.4, -0.2) is 43.9 Å². The average Bonchev–Trinajstić information content (AvgIpc) is 3.03. The minimum atomic E-state index is -3.77. The van der Waals surface area contributed by atoms with Crippen molar-refractivity contribution in [2.45, 2.75) is 31.7 Å². The summed E-state index contributed by atoms with van der Waals surface area (Å²) in [5, 5.41) is 4.26. The van der Waals surface area contributed by atoms with E-state index < -0.39 is 10.0 Å². The molecule has 32 heavy (non-hydrogen) atoms. The number of pyridine rings is 1. The molecule has 1 N–H and O–H groups in total. The lowest BCUT2D eigenvalue weighted by Crippen LogP contribution is -2.31. The Balaban J connectivity index is 1.54. The van der Waals surface area contributed by atoms with Crippen molar-refractivity contribution in [1.29, 1.82) is 0 Å². The van der Waals surface area contributed by atoms with E-state index in [1.165, 1.54) is 11.8 Å². The largest absolute Gasteiger partial charge is 0.493 e. The van der Waals surface area contributed by atoms with Crippen molar-refractivity contribution in [1.82, 2.24) is 14.8 Å². The molecule has 2 aromatic heterocycles. The van der Waals surface area contributed by atoms with Crippen molar-refractivity contribution in [2.75, 3.05) is 30.4 Å². The number of methoxy groups -OCH3 is 2. The van der Waals surface area contributed by atoms with Gasteiger partial charge in [-0.1, -0.05) is 0 Å². The topological polar surface area (TPSA) is 98.6 Å². The van der Waals surface area contributed by atoms with Crippen LogP contribution in [0.4, 0.5) is 11.5 Å². The zero-order chi connectivity index (χ0) is 23.0. The van der Waals surface area contributed by atoms with E-state index in [1.807, 2.05) is 19.1 Å². The number of aryl methyl sites for hydroxylation is 2. The number of nitrogens with zero attached hydrogens (tertiary/aromatic N) is 4. The van der Waals surface area contributed by atoms with Crippen LogP contribution in [0.15, 0.2) is 35.4 Å². The first-order chi connectivity index (χ1) is 15.2. The van der Waals surface area contributed by atoms with E-state index in [1.54, 1.807) is 45.0 Å². The monoisotopic (exact) mass is 457 g/mol. The third-order valence-corrected chi connectivity index (χ3v) is 7.15. The molecule has 0 aliphatic carbocycles. The minimum Gasteiger partial charge on any atom is -0.493 e. The summed E-state index contributed by atoms with van der Waals surface area (Å²) in [7, 11) is 1.25. The SMILES string of the molecule is COc1cc2c(cc1OC)CN(c1ccc(S(=O)(=O)Nc3c(C)nn(C)c3C)cn1)CC2. The van der Waals surface area contributed by atoms with Crippen LogP contribution in [0.1, 0.15) is 22.5 Å². The number of fused-ring (bicyclic) bond motifs is 1. The lowest BCUT2D eigenvalue weighted by Gasteiger charge is -2.30. The Morgan fingerprint density at radius 1 is 1.06 bits per heavy atom. The van der Waals surface area contributed by atoms with E-state index in [0.717, 1.165) is 35.8 Å². The van der Waals surface area contributed by atoms with E-state index in [0.29, 0.717) is 23.7 Å². The summed E-state index contributed by atoms with van der Waals surface area (Å²) in [6, 6.07) is 7.32. The smallest absolute Gasteiger partial charge is 0.263 e. The Kier molecular flexibility index (Phi) is 5.72. The number of rotatable bonds is 6. The van der Waals surface area contributed by atoms with Crippen LogP contribution >= 0.6 is 0 Å². The molecule has 0 bridgehead atoms. The van der Waals surface area contributed by atoms with Crippen LogP contribution in [0.25, 0.3) is 0 Å². The molecule has 0 unspecified atom stereocenters. The van der Waals surface area contributed by atoms with Gasteiger partial charge in [-0.15, -0.1) is 0 Å². The van der Waals surface area contributed by atoms with Gasteiger partial charge in [0, 0.05) is 26.3 Å². The molecule has 9 nitrogen and oxygen atoms in total. The number of hydrogen-bond donors (Lipinski definition) is 1. The van der Waals surface area contributed by atoms with Crippen LogP contribution < -0.4 is 19.1 Å². The number of hydrogen-bond acceptors (Lipinski definition) is 7. The molecule has 1 aliphatic rings. The average molecular weight is 458 g/mol. The van der Waals surface area contributed by atoms with Gasteiger partial charge in [-0.3, -0.25) is 9.40 Å². The lowest BCUT2D eigenvalue weighted by molar-refractivity contribution is 0.353. The van der Waals surface area contributed by atoms with E-state index in [-0.39, 0.29) is 4.90 Å². The molecule has 0 amide bonds. The first kappa shape index (κ1) is 21.9. The van der Waals surface area contributed by atoms with Crippen molar-refractivity contribution in [3.05, 3.63) is 53.0 Å². The number of aromatic nitrogens is 3. The zero-order valence-corrected chi connectivity index (χ0v) is 19.7. The number of sulfonamides is 1. The van der Waals surface area contributed by atoms with Crippen molar-refractivity contribution in [2.24, 2.45) is 7.05 Å². The highest BCUT2D eigenvalue weighted by Crippen LogP contribution is 2.34. The van der Waals surface area contributed by atoms with Crippen molar-refractivity contribution < 1.29 is 17.9 Å². The Labute approximate surface area is 188 Å². The first-order valence-corrected chi connectivity index (χ1v) is 11.7. The molecule has 4 rings (SSSR count). The maximum absolute atomic E-state index is 12.9. The van der Waals surface area contributed by atoms with Gasteiger partial charge in [0.1, 0.15) is 10.7 Å². The molecule has 0 radical (unpaired) electrons. The van der Waals surface area contributed by atoms with Gasteiger partial charge in [-0.2, -0.15) is 5.10 Å². The maximum Gasteiger partial charge on any atom is 0.263 e. The summed E-state index contributed by atoms with van der Waals surface area (Å²) in [6.07, 6.45) is 2.22. The highest BCUT2D eigenvalue weighted by molar-refractivity contribution is 7.92. The van der Waals surface area contributed by atoms with Gasteiger partial charge in [0.15, 0.2) is 11.5 Å². The van der Waals surface area contributed by atoms with Crippen molar-refractivity contribution in [3.8, 4) is 11.5 Å². The quantitative estimate of drug-likeness (QED) is 0.608. The van der Waals surface area contributed by atoms with Gasteiger partial charge in [-0.05, 0) is 55.7 Å². The fraction of sp³-hybridized carbons (Fsp3) is 0.364. The van der Waals surface area contributed by atoms with Crippen LogP contribution in [0, 0.1) is 13.8 Å². The van der Waals surface area contributed by atoms with Crippen LogP contribution in [0.3, 0.4) is 0 Å². The van der Waals surface area contributed by atoms with E-state index in [2.05, 4.69) is 19.7 Å². The summed E-state index contributed by atoms with van der Waals surface area (Å²) in [6.45, 7) is 5.01. The fourth-order valence-corrected chi connectivity index (χ4v) is 5.03. The maximum atomic E-state index is 12.9. The van der Waals surface area contributed by atoms with Crippen molar-refractivity contribution in [3.63, 3.8) is 0 Å². The van der Waals surface area contributed by atoms with Crippen LogP contribution in [0.2, 0.25) is 0 Å². The van der Waals surface area contributed by atoms with Crippen LogP contribution in [0.5, 0.6) is 11.5 Å². The number of benzene rings is 1. The fourth-order valence-electron chi connectivity index (χ4n) is 3.91. The molecule has 170 valence electrons. The highest BCUT2D eigenvalue weighted by atomic mass is 32.2. The molecule has 10 heteroatoms. The number of ether oxygens (including phenoxy) is 2. The number of anilines is 2. The summed E-state index contributed by atoms with van der Waals surface area (Å²) in [4.78, 5) is 6.66. The standard InChI is InChI=1S/C22H27N5O4S/c1-14-22(15(2)26(3)24-14)25-32(28,29)18-6-7-21(23-12-18)27-9-8-16-10-19(30-4)20(31-5)11-17(16)13-27/h6-7,10-12,25H,8-9,13H2,1-5H3. The third kappa shape index (κ3) is 3.97. The van der Waals surface area contributed by atoms with Gasteiger partial charge < -0.3 is 14.4 Å². The molecule has 0 fully saturated rings. The molecule has 3 aromatic rings. The summed E-state index contributed by atoms with van der Waals surface area (Å²) >= 11 is 0. The molecular formula is C22H27N5O4S. The normalized spacial score (nSPS) is 13.6. The van der Waals surface area contributed by atoms with E-state index >= 15 is 0 Å². The van der Waals surface area contributed by atoms with Gasteiger partial charge in [0.05, 0.1) is 31.3 Å². The second-order valence-corrected chi connectivity index (χ2v) is 9.46. The summed E-state index contributed by atoms with van der Waals surface area (Å²) in [5.74, 6) is 2.13. The highest BCUT2D eigenvalue weighted by Gasteiger charge is 2.23. The molecule has 0 atom stereocenters. The summed E-state index contributed by atoms with van der Waals surface area (Å²) in [5.41, 5.74) is 4.21. The van der Waals surface area contributed by atoms with Gasteiger partial charge in [-0.25, -0.2) is 13.4 Å². The van der Waals surface area contributed by atoms with Gasteiger partial charge in [0.25, 0.3) is 10.0 Å². The van der Waals surface area contributed by atoms with Gasteiger partial charge in [0.2, 0.25) is 0 Å². The summed E-state index contributed by atoms with van der Waals surface area (Å²) < 4.78 is 40.8. The van der Waals surface area contributed by atoms with Crippen LogP contribution in [-0.2, 0) is 30.0 Å². The molecular weight excluding hydrogens is 430 g/mol. The van der Waals surface area contributed by atoms with Gasteiger partial charge >= 0.3 is 0 Å². The molecule has 0 saturated carbocycles. The third-order valence-electron chi connectivity index (χ3n) is 5.82. The second kappa shape index (κ2) is 8.34. The van der Waals surface area contributed by atoms with E-state index in [4.69, 9.17) is 9.47 Å². The zero-order valence-electron chi connectivity index (χ0n) is 18.8. The lowest BCUT2D eigenvalue weighted by atomic mass is 9.99. The van der Waals surface area contributed by atoms with E-state index in [9.17, 15) is 8.42 Å². The Morgan fingerprint density at radius 2 is 1.75 bits per heavy atom.